The van der Waals surface area contributed by atoms with Gasteiger partial charge >= 0.3 is 0 Å². The van der Waals surface area contributed by atoms with Gasteiger partial charge in [0.25, 0.3) is 5.91 Å². The minimum absolute atomic E-state index is 0.0152. The van der Waals surface area contributed by atoms with Gasteiger partial charge in [0, 0.05) is 22.2 Å². The van der Waals surface area contributed by atoms with E-state index in [0.717, 1.165) is 11.3 Å². The van der Waals surface area contributed by atoms with E-state index in [-0.39, 0.29) is 18.3 Å². The number of aliphatic hydroxyl groups is 1. The molecule has 2 rings (SSSR count). The second-order valence-corrected chi connectivity index (χ2v) is 6.63. The number of fused-ring (bicyclic) bond motifs is 1. The van der Waals surface area contributed by atoms with E-state index in [9.17, 15) is 9.18 Å². The molecule has 0 saturated carbocycles. The van der Waals surface area contributed by atoms with Crippen LogP contribution in [0.15, 0.2) is 18.2 Å². The predicted molar refractivity (Wildman–Crippen MR) is 80.0 cm³/mol. The third-order valence-electron chi connectivity index (χ3n) is 2.99. The van der Waals surface area contributed by atoms with Crippen LogP contribution < -0.4 is 5.32 Å². The van der Waals surface area contributed by atoms with Crippen LogP contribution in [-0.4, -0.2) is 23.2 Å². The average molecular weight is 316 g/mol. The standard InChI is InChI=1S/C14H15ClFNO2S/c1-14(2,5-6-18)17-13(19)12-11(15)9-4-3-8(16)7-10(9)20-12/h3-4,7,18H,5-6H2,1-2H3,(H,17,19). The number of carbonyl (C=O) groups excluding carboxylic acids is 1. The number of amides is 1. The lowest BCUT2D eigenvalue weighted by Gasteiger charge is -2.25. The number of hydrogen-bond donors (Lipinski definition) is 2. The van der Waals surface area contributed by atoms with Crippen LogP contribution in [0.2, 0.25) is 5.02 Å². The number of aliphatic hydroxyl groups excluding tert-OH is 1. The highest BCUT2D eigenvalue weighted by molar-refractivity contribution is 7.21. The fraction of sp³-hybridized carbons (Fsp3) is 0.357. The molecule has 20 heavy (non-hydrogen) atoms. The van der Waals surface area contributed by atoms with Crippen LogP contribution in [0, 0.1) is 5.82 Å². The third kappa shape index (κ3) is 3.11. The summed E-state index contributed by atoms with van der Waals surface area (Å²) in [6.45, 7) is 3.63. The summed E-state index contributed by atoms with van der Waals surface area (Å²) >= 11 is 7.35. The summed E-state index contributed by atoms with van der Waals surface area (Å²) in [4.78, 5) is 12.6. The lowest BCUT2D eigenvalue weighted by Crippen LogP contribution is -2.43. The Morgan fingerprint density at radius 1 is 1.50 bits per heavy atom. The fourth-order valence-corrected chi connectivity index (χ4v) is 3.33. The highest BCUT2D eigenvalue weighted by atomic mass is 35.5. The summed E-state index contributed by atoms with van der Waals surface area (Å²) < 4.78 is 13.8. The number of rotatable bonds is 4. The molecule has 0 atom stereocenters. The summed E-state index contributed by atoms with van der Waals surface area (Å²) in [5.41, 5.74) is -0.531. The van der Waals surface area contributed by atoms with E-state index < -0.39 is 5.54 Å². The number of halogens is 2. The Bertz CT molecular complexity index is 654. The van der Waals surface area contributed by atoms with Crippen molar-refractivity contribution in [3.8, 4) is 0 Å². The first kappa shape index (κ1) is 15.2. The molecular formula is C14H15ClFNO2S. The number of benzene rings is 1. The lowest BCUT2D eigenvalue weighted by atomic mass is 10.0. The number of hydrogen-bond acceptors (Lipinski definition) is 3. The maximum Gasteiger partial charge on any atom is 0.263 e. The maximum atomic E-state index is 13.2. The van der Waals surface area contributed by atoms with Gasteiger partial charge in [-0.3, -0.25) is 4.79 Å². The van der Waals surface area contributed by atoms with Crippen LogP contribution in [0.1, 0.15) is 29.9 Å². The van der Waals surface area contributed by atoms with Crippen molar-refractivity contribution in [2.45, 2.75) is 25.8 Å². The van der Waals surface area contributed by atoms with Crippen molar-refractivity contribution >= 4 is 38.9 Å². The van der Waals surface area contributed by atoms with Gasteiger partial charge in [0.15, 0.2) is 0 Å². The summed E-state index contributed by atoms with van der Waals surface area (Å²) in [5.74, 6) is -0.668. The van der Waals surface area contributed by atoms with Gasteiger partial charge in [-0.05, 0) is 38.5 Å². The minimum Gasteiger partial charge on any atom is -0.396 e. The maximum absolute atomic E-state index is 13.2. The predicted octanol–water partition coefficient (Wildman–Crippen LogP) is 3.58. The van der Waals surface area contributed by atoms with Gasteiger partial charge in [-0.1, -0.05) is 11.6 Å². The molecule has 0 aliphatic carbocycles. The Morgan fingerprint density at radius 2 is 2.20 bits per heavy atom. The quantitative estimate of drug-likeness (QED) is 0.906. The third-order valence-corrected chi connectivity index (χ3v) is 4.64. The van der Waals surface area contributed by atoms with Gasteiger partial charge in [0.2, 0.25) is 0 Å². The topological polar surface area (TPSA) is 49.3 Å². The van der Waals surface area contributed by atoms with E-state index in [2.05, 4.69) is 5.32 Å². The van der Waals surface area contributed by atoms with Crippen molar-refractivity contribution < 1.29 is 14.3 Å². The molecule has 1 heterocycles. The smallest absolute Gasteiger partial charge is 0.263 e. The normalized spacial score (nSPS) is 11.8. The van der Waals surface area contributed by atoms with E-state index >= 15 is 0 Å². The highest BCUT2D eigenvalue weighted by Gasteiger charge is 2.24. The molecule has 0 spiro atoms. The highest BCUT2D eigenvalue weighted by Crippen LogP contribution is 2.35. The molecule has 0 fully saturated rings. The Hall–Kier alpha value is -1.17. The van der Waals surface area contributed by atoms with Crippen molar-refractivity contribution in [1.82, 2.24) is 5.32 Å². The summed E-state index contributed by atoms with van der Waals surface area (Å²) in [6.07, 6.45) is 0.440. The Kier molecular flexibility index (Phi) is 4.32. The molecule has 108 valence electrons. The molecule has 2 aromatic rings. The van der Waals surface area contributed by atoms with Crippen LogP contribution in [0.25, 0.3) is 10.1 Å². The molecule has 0 saturated heterocycles. The van der Waals surface area contributed by atoms with Crippen molar-refractivity contribution in [1.29, 1.82) is 0 Å². The van der Waals surface area contributed by atoms with Crippen LogP contribution in [-0.2, 0) is 0 Å². The first-order valence-electron chi connectivity index (χ1n) is 6.15. The number of nitrogens with one attached hydrogen (secondary N) is 1. The summed E-state index contributed by atoms with van der Waals surface area (Å²) in [6, 6.07) is 4.25. The van der Waals surface area contributed by atoms with Gasteiger partial charge in [-0.2, -0.15) is 0 Å². The van der Waals surface area contributed by atoms with E-state index in [1.54, 1.807) is 6.07 Å². The monoisotopic (exact) mass is 315 g/mol. The zero-order chi connectivity index (χ0) is 14.9. The van der Waals surface area contributed by atoms with Gasteiger partial charge in [0.05, 0.1) is 5.02 Å². The molecule has 6 heteroatoms. The van der Waals surface area contributed by atoms with E-state index in [1.807, 2.05) is 13.8 Å². The molecule has 2 N–H and O–H groups in total. The first-order chi connectivity index (χ1) is 9.34. The SMILES string of the molecule is CC(C)(CCO)NC(=O)c1sc2cc(F)ccc2c1Cl. The van der Waals surface area contributed by atoms with Gasteiger partial charge < -0.3 is 10.4 Å². The summed E-state index contributed by atoms with van der Waals surface area (Å²) in [5, 5.41) is 12.8. The second-order valence-electron chi connectivity index (χ2n) is 5.20. The summed E-state index contributed by atoms with van der Waals surface area (Å²) in [7, 11) is 0. The molecule has 0 aliphatic heterocycles. The van der Waals surface area contributed by atoms with Gasteiger partial charge in [0.1, 0.15) is 10.7 Å². The molecule has 1 amide bonds. The molecular weight excluding hydrogens is 301 g/mol. The Morgan fingerprint density at radius 3 is 2.85 bits per heavy atom. The van der Waals surface area contributed by atoms with E-state index in [4.69, 9.17) is 16.7 Å². The largest absolute Gasteiger partial charge is 0.396 e. The van der Waals surface area contributed by atoms with Gasteiger partial charge in [-0.25, -0.2) is 4.39 Å². The van der Waals surface area contributed by atoms with Gasteiger partial charge in [-0.15, -0.1) is 11.3 Å². The molecule has 0 bridgehead atoms. The van der Waals surface area contributed by atoms with Crippen LogP contribution >= 0.6 is 22.9 Å². The van der Waals surface area contributed by atoms with Crippen LogP contribution in [0.5, 0.6) is 0 Å². The lowest BCUT2D eigenvalue weighted by molar-refractivity contribution is 0.0904. The Balaban J connectivity index is 2.33. The number of carbonyl (C=O) groups is 1. The van der Waals surface area contributed by atoms with Crippen molar-refractivity contribution in [2.24, 2.45) is 0 Å². The first-order valence-corrected chi connectivity index (χ1v) is 7.34. The van der Waals surface area contributed by atoms with Crippen LogP contribution in [0.3, 0.4) is 0 Å². The molecule has 0 aliphatic rings. The second kappa shape index (κ2) is 5.68. The van der Waals surface area contributed by atoms with E-state index in [1.165, 1.54) is 12.1 Å². The fourth-order valence-electron chi connectivity index (χ4n) is 1.89. The van der Waals surface area contributed by atoms with Crippen molar-refractivity contribution in [2.75, 3.05) is 6.61 Å². The zero-order valence-corrected chi connectivity index (χ0v) is 12.7. The number of thiophene rings is 1. The minimum atomic E-state index is -0.531. The molecule has 0 radical (unpaired) electrons. The Labute approximate surface area is 125 Å². The molecule has 0 unspecified atom stereocenters. The van der Waals surface area contributed by atoms with E-state index in [0.29, 0.717) is 26.4 Å². The molecule has 1 aromatic heterocycles. The van der Waals surface area contributed by atoms with Crippen LogP contribution in [0.4, 0.5) is 4.39 Å². The average Bonchev–Trinajstić information content (AvgIpc) is 2.65. The zero-order valence-electron chi connectivity index (χ0n) is 11.2. The van der Waals surface area contributed by atoms with Crippen molar-refractivity contribution in [3.05, 3.63) is 33.9 Å². The van der Waals surface area contributed by atoms with Crippen molar-refractivity contribution in [3.63, 3.8) is 0 Å². The molecule has 3 nitrogen and oxygen atoms in total. The molecule has 1 aromatic carbocycles.